The van der Waals surface area contributed by atoms with Crippen LogP contribution in [0, 0.1) is 21.0 Å². The predicted molar refractivity (Wildman–Crippen MR) is 127 cm³/mol. The normalized spacial score (nSPS) is 9.34. The van der Waals surface area contributed by atoms with Crippen LogP contribution in [0.15, 0.2) is 24.3 Å². The molecule has 154 valence electrons. The molecule has 0 bridgehead atoms. The second-order valence-electron chi connectivity index (χ2n) is 6.02. The number of esters is 1. The molecule has 0 saturated carbocycles. The molecule has 8 heteroatoms. The van der Waals surface area contributed by atoms with Gasteiger partial charge in [0.2, 0.25) is 0 Å². The van der Waals surface area contributed by atoms with Gasteiger partial charge in [0.1, 0.15) is 0 Å². The van der Waals surface area contributed by atoms with E-state index in [-0.39, 0.29) is 41.0 Å². The number of benzene rings is 2. The fourth-order valence-electron chi connectivity index (χ4n) is 2.57. The Bertz CT molecular complexity index is 853. The number of halogens is 2. The summed E-state index contributed by atoms with van der Waals surface area (Å²) in [6.45, 7) is 8.04. The Morgan fingerprint density at radius 1 is 0.897 bits per heavy atom. The topological polar surface area (TPSA) is 93.6 Å². The Morgan fingerprint density at radius 3 is 1.62 bits per heavy atom. The maximum atomic E-state index is 11.4. The van der Waals surface area contributed by atoms with E-state index in [0.717, 1.165) is 36.7 Å². The number of carbonyl (C=O) groups excluding carboxylic acids is 1. The molecule has 0 radical (unpaired) electrons. The SMILES string of the molecule is CCc1cc(C)c(I)cc1C(=O)O.CCc1cc(C)c(I)cc1C(=O)OC.[Na+].[OH-]. The minimum atomic E-state index is -0.838. The first kappa shape index (κ1) is 31.0. The van der Waals surface area contributed by atoms with E-state index >= 15 is 0 Å². The number of hydrogen-bond donors (Lipinski definition) is 1. The Hall–Kier alpha value is -0.200. The van der Waals surface area contributed by atoms with E-state index in [1.54, 1.807) is 6.07 Å². The number of rotatable bonds is 4. The first-order valence-electron chi connectivity index (χ1n) is 8.55. The van der Waals surface area contributed by atoms with E-state index in [1.165, 1.54) is 12.7 Å². The molecule has 0 spiro atoms. The van der Waals surface area contributed by atoms with Crippen LogP contribution in [0.25, 0.3) is 0 Å². The van der Waals surface area contributed by atoms with E-state index in [2.05, 4.69) is 45.2 Å². The van der Waals surface area contributed by atoms with Gasteiger partial charge in [-0.25, -0.2) is 9.59 Å². The fourth-order valence-corrected chi connectivity index (χ4v) is 3.50. The van der Waals surface area contributed by atoms with Crippen molar-refractivity contribution in [3.8, 4) is 0 Å². The molecule has 2 rings (SSSR count). The average molecular weight is 634 g/mol. The monoisotopic (exact) mass is 634 g/mol. The first-order valence-corrected chi connectivity index (χ1v) is 10.7. The molecule has 0 fully saturated rings. The largest absolute Gasteiger partial charge is 1.00 e. The molecule has 0 atom stereocenters. The quantitative estimate of drug-likeness (QED) is 0.318. The Morgan fingerprint density at radius 2 is 1.28 bits per heavy atom. The number of hydrogen-bond acceptors (Lipinski definition) is 4. The van der Waals surface area contributed by atoms with Gasteiger partial charge in [-0.05, 0) is 106 Å². The van der Waals surface area contributed by atoms with E-state index in [0.29, 0.717) is 11.1 Å². The van der Waals surface area contributed by atoms with Gasteiger partial charge in [0.15, 0.2) is 0 Å². The number of aromatic carboxylic acids is 1. The summed E-state index contributed by atoms with van der Waals surface area (Å²) < 4.78 is 6.84. The van der Waals surface area contributed by atoms with Gasteiger partial charge in [0.05, 0.1) is 18.2 Å². The molecule has 0 aliphatic heterocycles. The van der Waals surface area contributed by atoms with Crippen molar-refractivity contribution in [2.24, 2.45) is 0 Å². The Labute approximate surface area is 221 Å². The molecule has 5 nitrogen and oxygen atoms in total. The molecule has 2 aromatic carbocycles. The van der Waals surface area contributed by atoms with Crippen molar-refractivity contribution in [3.63, 3.8) is 0 Å². The maximum absolute atomic E-state index is 11.4. The zero-order valence-corrected chi connectivity index (χ0v) is 23.9. The molecule has 0 heterocycles. The fraction of sp³-hybridized carbons (Fsp3) is 0.333. The number of ether oxygens (including phenoxy) is 1. The van der Waals surface area contributed by atoms with Crippen molar-refractivity contribution in [2.75, 3.05) is 7.11 Å². The molecule has 2 aromatic rings. The number of carboxylic acid groups (broad SMARTS) is 1. The van der Waals surface area contributed by atoms with Crippen LogP contribution >= 0.6 is 45.2 Å². The molecular formula is C21H25I2NaO5. The molecule has 0 aromatic heterocycles. The maximum Gasteiger partial charge on any atom is 1.00 e. The molecule has 2 N–H and O–H groups in total. The Kier molecular flexibility index (Phi) is 15.8. The van der Waals surface area contributed by atoms with E-state index < -0.39 is 5.97 Å². The second-order valence-corrected chi connectivity index (χ2v) is 8.35. The molecule has 0 aliphatic rings. The number of methoxy groups -OCH3 is 1. The number of carboxylic acids is 1. The standard InChI is InChI=1S/C11H13IO2.C10H11IO2.Na.H2O/c1-4-8-5-7(2)10(12)6-9(8)11(13)14-3;1-3-7-4-6(2)9(11)5-8(7)10(12)13;;/h5-6H,4H2,1-3H3;4-5H,3H2,1-2H3,(H,12,13);;1H2/q;;+1;/p-1. The van der Waals surface area contributed by atoms with Gasteiger partial charge >= 0.3 is 41.5 Å². The summed E-state index contributed by atoms with van der Waals surface area (Å²) in [5, 5.41) is 8.91. The van der Waals surface area contributed by atoms with Gasteiger partial charge < -0.3 is 15.3 Å². The van der Waals surface area contributed by atoms with E-state index in [4.69, 9.17) is 9.84 Å². The first-order chi connectivity index (χ1) is 12.7. The molecule has 0 saturated heterocycles. The zero-order valence-electron chi connectivity index (χ0n) is 17.6. The van der Waals surface area contributed by atoms with Gasteiger partial charge in [0.25, 0.3) is 0 Å². The Balaban J connectivity index is 0. The third kappa shape index (κ3) is 8.82. The third-order valence-corrected chi connectivity index (χ3v) is 6.49. The van der Waals surface area contributed by atoms with Gasteiger partial charge in [-0.1, -0.05) is 26.0 Å². The summed E-state index contributed by atoms with van der Waals surface area (Å²) in [7, 11) is 1.41. The van der Waals surface area contributed by atoms with Crippen molar-refractivity contribution < 1.29 is 54.5 Å². The van der Waals surface area contributed by atoms with Crippen LogP contribution in [-0.4, -0.2) is 29.6 Å². The van der Waals surface area contributed by atoms with Crippen LogP contribution in [-0.2, 0) is 17.6 Å². The van der Waals surface area contributed by atoms with Crippen LogP contribution < -0.4 is 29.6 Å². The summed E-state index contributed by atoms with van der Waals surface area (Å²) >= 11 is 4.38. The van der Waals surface area contributed by atoms with Crippen molar-refractivity contribution in [3.05, 3.63) is 64.8 Å². The number of aryl methyl sites for hydroxylation is 4. The van der Waals surface area contributed by atoms with Crippen molar-refractivity contribution in [1.29, 1.82) is 0 Å². The van der Waals surface area contributed by atoms with Crippen molar-refractivity contribution in [1.82, 2.24) is 0 Å². The minimum Gasteiger partial charge on any atom is -0.870 e. The molecule has 0 aliphatic carbocycles. The van der Waals surface area contributed by atoms with Crippen LogP contribution in [0.2, 0.25) is 0 Å². The van der Waals surface area contributed by atoms with Gasteiger partial charge in [-0.15, -0.1) is 0 Å². The van der Waals surface area contributed by atoms with Crippen molar-refractivity contribution in [2.45, 2.75) is 40.5 Å². The number of carbonyl (C=O) groups is 2. The van der Waals surface area contributed by atoms with Gasteiger partial charge in [0, 0.05) is 7.14 Å². The van der Waals surface area contributed by atoms with E-state index in [1.807, 2.05) is 45.9 Å². The third-order valence-electron chi connectivity index (χ3n) is 4.17. The van der Waals surface area contributed by atoms with Crippen molar-refractivity contribution >= 4 is 57.1 Å². The summed E-state index contributed by atoms with van der Waals surface area (Å²) in [5.74, 6) is -1.09. The molecular weight excluding hydrogens is 609 g/mol. The average Bonchev–Trinajstić information content (AvgIpc) is 2.64. The molecule has 0 amide bonds. The second kappa shape index (κ2) is 14.7. The summed E-state index contributed by atoms with van der Waals surface area (Å²) in [6, 6.07) is 7.62. The zero-order chi connectivity index (χ0) is 20.7. The van der Waals surface area contributed by atoms with Crippen LogP contribution in [0.5, 0.6) is 0 Å². The molecule has 0 unspecified atom stereocenters. The summed E-state index contributed by atoms with van der Waals surface area (Å²) in [5.41, 5.74) is 5.42. The van der Waals surface area contributed by atoms with Crippen LogP contribution in [0.1, 0.15) is 56.8 Å². The molecule has 29 heavy (non-hydrogen) atoms. The van der Waals surface area contributed by atoms with E-state index in [9.17, 15) is 9.59 Å². The van der Waals surface area contributed by atoms with Crippen LogP contribution in [0.3, 0.4) is 0 Å². The minimum absolute atomic E-state index is 0. The van der Waals surface area contributed by atoms with Crippen LogP contribution in [0.4, 0.5) is 0 Å². The summed E-state index contributed by atoms with van der Waals surface area (Å²) in [4.78, 5) is 22.3. The summed E-state index contributed by atoms with van der Waals surface area (Å²) in [6.07, 6.45) is 1.61. The van der Waals surface area contributed by atoms with Gasteiger partial charge in [-0.2, -0.15) is 0 Å². The van der Waals surface area contributed by atoms with Gasteiger partial charge in [-0.3, -0.25) is 0 Å². The predicted octanol–water partition coefficient (Wildman–Crippen LogP) is 2.64. The smallest absolute Gasteiger partial charge is 0.870 e.